The molecule has 0 atom stereocenters. The Kier molecular flexibility index (Phi) is 3.47. The highest BCUT2D eigenvalue weighted by Gasteiger charge is 2.26. The second kappa shape index (κ2) is 5.95. The predicted octanol–water partition coefficient (Wildman–Crippen LogP) is 2.62. The number of rotatable bonds is 3. The molecule has 25 heavy (non-hydrogen) atoms. The van der Waals surface area contributed by atoms with E-state index in [9.17, 15) is 0 Å². The van der Waals surface area contributed by atoms with E-state index in [-0.39, 0.29) is 0 Å². The molecule has 2 fully saturated rings. The van der Waals surface area contributed by atoms with Gasteiger partial charge in [0.15, 0.2) is 5.82 Å². The Morgan fingerprint density at radius 3 is 2.48 bits per heavy atom. The first kappa shape index (κ1) is 14.6. The molecule has 3 aromatic rings. The van der Waals surface area contributed by atoms with Crippen molar-refractivity contribution in [3.8, 4) is 0 Å². The number of aromatic nitrogens is 4. The Balaban J connectivity index is 1.28. The second-order valence-corrected chi connectivity index (χ2v) is 6.83. The van der Waals surface area contributed by atoms with E-state index in [0.29, 0.717) is 5.92 Å². The summed E-state index contributed by atoms with van der Waals surface area (Å²) in [4.78, 5) is 13.1. The summed E-state index contributed by atoms with van der Waals surface area (Å²) in [5.74, 6) is 1.66. The summed E-state index contributed by atoms with van der Waals surface area (Å²) in [5, 5.41) is 9.94. The second-order valence-electron chi connectivity index (χ2n) is 6.83. The van der Waals surface area contributed by atoms with Crippen molar-refractivity contribution in [1.29, 1.82) is 0 Å². The highest BCUT2D eigenvalue weighted by molar-refractivity contribution is 5.81. The van der Waals surface area contributed by atoms with E-state index in [0.717, 1.165) is 48.6 Å². The van der Waals surface area contributed by atoms with E-state index < -0.39 is 0 Å². The number of fused-ring (bicyclic) bond motifs is 1. The van der Waals surface area contributed by atoms with Crippen molar-refractivity contribution < 1.29 is 0 Å². The lowest BCUT2D eigenvalue weighted by molar-refractivity contribution is 0.642. The Labute approximate surface area is 146 Å². The molecule has 0 unspecified atom stereocenters. The monoisotopic (exact) mass is 332 g/mol. The number of hydrogen-bond donors (Lipinski definition) is 0. The zero-order chi connectivity index (χ0) is 16.6. The lowest BCUT2D eigenvalue weighted by atomic mass is 10.2. The fourth-order valence-corrected chi connectivity index (χ4v) is 3.46. The Morgan fingerprint density at radius 1 is 0.880 bits per heavy atom. The van der Waals surface area contributed by atoms with Crippen LogP contribution in [0.25, 0.3) is 10.9 Å². The maximum Gasteiger partial charge on any atom is 0.151 e. The highest BCUT2D eigenvalue weighted by Crippen LogP contribution is 2.38. The van der Waals surface area contributed by atoms with Crippen LogP contribution in [0.1, 0.15) is 24.5 Å². The van der Waals surface area contributed by atoms with Crippen LogP contribution >= 0.6 is 0 Å². The molecule has 6 nitrogen and oxygen atoms in total. The smallest absolute Gasteiger partial charge is 0.151 e. The Bertz CT molecular complexity index is 882. The fourth-order valence-electron chi connectivity index (χ4n) is 3.46. The number of nitrogens with zero attached hydrogens (tertiary/aromatic N) is 6. The molecule has 126 valence electrons. The third-order valence-corrected chi connectivity index (χ3v) is 5.12. The van der Waals surface area contributed by atoms with Crippen LogP contribution in [0.4, 0.5) is 11.5 Å². The van der Waals surface area contributed by atoms with Gasteiger partial charge in [-0.2, -0.15) is 5.10 Å². The molecule has 1 saturated heterocycles. The summed E-state index contributed by atoms with van der Waals surface area (Å²) in [5.41, 5.74) is 3.38. The molecular formula is C19H20N6. The van der Waals surface area contributed by atoms with Gasteiger partial charge in [-0.3, -0.25) is 0 Å². The normalized spacial score (nSPS) is 17.9. The minimum Gasteiger partial charge on any atom is -0.368 e. The lowest BCUT2D eigenvalue weighted by Gasteiger charge is -2.36. The zero-order valence-electron chi connectivity index (χ0n) is 14.0. The van der Waals surface area contributed by atoms with Crippen LogP contribution in [0.3, 0.4) is 0 Å². The minimum absolute atomic E-state index is 0.662. The average Bonchev–Trinajstić information content (AvgIpc) is 3.53. The van der Waals surface area contributed by atoms with E-state index in [1.165, 1.54) is 18.5 Å². The van der Waals surface area contributed by atoms with Gasteiger partial charge in [0, 0.05) is 49.4 Å². The van der Waals surface area contributed by atoms with Crippen LogP contribution in [-0.4, -0.2) is 46.3 Å². The van der Waals surface area contributed by atoms with Gasteiger partial charge in [-0.15, -0.1) is 5.10 Å². The SMILES string of the molecule is c1ncc2cc(N3CCN(c4ccc(C5CC5)nn4)CC3)ccc2n1. The molecule has 1 aromatic carbocycles. The molecule has 5 rings (SSSR count). The van der Waals surface area contributed by atoms with Crippen molar-refractivity contribution in [1.82, 2.24) is 20.2 Å². The first-order valence-corrected chi connectivity index (χ1v) is 8.90. The Hall–Kier alpha value is -2.76. The zero-order valence-corrected chi connectivity index (χ0v) is 14.0. The third-order valence-electron chi connectivity index (χ3n) is 5.12. The topological polar surface area (TPSA) is 58.0 Å². The largest absolute Gasteiger partial charge is 0.368 e. The standard InChI is InChI=1S/C19H20N6/c1-2-14(1)18-5-6-19(23-22-18)25-9-7-24(8-10-25)16-3-4-17-15(11-16)12-20-13-21-17/h3-6,11-14H,1-2,7-10H2. The summed E-state index contributed by atoms with van der Waals surface area (Å²) >= 11 is 0. The quantitative estimate of drug-likeness (QED) is 0.735. The van der Waals surface area contributed by atoms with Crippen LogP contribution in [0, 0.1) is 0 Å². The summed E-state index contributed by atoms with van der Waals surface area (Å²) in [6.07, 6.45) is 6.00. The van der Waals surface area contributed by atoms with Gasteiger partial charge >= 0.3 is 0 Å². The molecule has 3 heterocycles. The van der Waals surface area contributed by atoms with Gasteiger partial charge in [0.05, 0.1) is 11.2 Å². The van der Waals surface area contributed by atoms with E-state index >= 15 is 0 Å². The van der Waals surface area contributed by atoms with E-state index in [1.54, 1.807) is 6.33 Å². The molecular weight excluding hydrogens is 312 g/mol. The van der Waals surface area contributed by atoms with Gasteiger partial charge in [-0.05, 0) is 43.2 Å². The summed E-state index contributed by atoms with van der Waals surface area (Å²) < 4.78 is 0. The third kappa shape index (κ3) is 2.88. The number of piperazine rings is 1. The summed E-state index contributed by atoms with van der Waals surface area (Å²) in [7, 11) is 0. The maximum atomic E-state index is 4.44. The van der Waals surface area contributed by atoms with Crippen LogP contribution < -0.4 is 9.80 Å². The molecule has 0 amide bonds. The highest BCUT2D eigenvalue weighted by atomic mass is 15.3. The van der Waals surface area contributed by atoms with Crippen molar-refractivity contribution in [2.45, 2.75) is 18.8 Å². The Morgan fingerprint density at radius 2 is 1.72 bits per heavy atom. The molecule has 0 N–H and O–H groups in total. The first-order chi connectivity index (χ1) is 12.4. The molecule has 2 aromatic heterocycles. The average molecular weight is 332 g/mol. The van der Waals surface area contributed by atoms with Gasteiger partial charge in [0.1, 0.15) is 6.33 Å². The maximum absolute atomic E-state index is 4.44. The molecule has 1 aliphatic heterocycles. The van der Waals surface area contributed by atoms with Gasteiger partial charge in [0.2, 0.25) is 0 Å². The number of anilines is 2. The molecule has 0 spiro atoms. The number of hydrogen-bond acceptors (Lipinski definition) is 6. The molecule has 0 radical (unpaired) electrons. The van der Waals surface area contributed by atoms with Crippen molar-refractivity contribution >= 4 is 22.4 Å². The molecule has 6 heteroatoms. The van der Waals surface area contributed by atoms with Crippen molar-refractivity contribution in [2.75, 3.05) is 36.0 Å². The van der Waals surface area contributed by atoms with Gasteiger partial charge in [-0.25, -0.2) is 9.97 Å². The molecule has 2 aliphatic rings. The van der Waals surface area contributed by atoms with Crippen LogP contribution in [0.15, 0.2) is 42.9 Å². The van der Waals surface area contributed by atoms with Gasteiger partial charge in [-0.1, -0.05) is 0 Å². The molecule has 0 bridgehead atoms. The lowest BCUT2D eigenvalue weighted by Crippen LogP contribution is -2.46. The fraction of sp³-hybridized carbons (Fsp3) is 0.368. The minimum atomic E-state index is 0.662. The summed E-state index contributed by atoms with van der Waals surface area (Å²) in [6, 6.07) is 10.7. The van der Waals surface area contributed by atoms with Crippen molar-refractivity contribution in [2.24, 2.45) is 0 Å². The predicted molar refractivity (Wildman–Crippen MR) is 98.0 cm³/mol. The van der Waals surface area contributed by atoms with Gasteiger partial charge in [0.25, 0.3) is 0 Å². The van der Waals surface area contributed by atoms with E-state index in [1.807, 2.05) is 6.20 Å². The van der Waals surface area contributed by atoms with Crippen molar-refractivity contribution in [3.05, 3.63) is 48.5 Å². The van der Waals surface area contributed by atoms with Crippen LogP contribution in [0.5, 0.6) is 0 Å². The van der Waals surface area contributed by atoms with Crippen LogP contribution in [-0.2, 0) is 0 Å². The number of benzene rings is 1. The summed E-state index contributed by atoms with van der Waals surface area (Å²) in [6.45, 7) is 3.87. The van der Waals surface area contributed by atoms with Gasteiger partial charge < -0.3 is 9.80 Å². The van der Waals surface area contributed by atoms with E-state index in [2.05, 4.69) is 60.3 Å². The van der Waals surface area contributed by atoms with Crippen molar-refractivity contribution in [3.63, 3.8) is 0 Å². The van der Waals surface area contributed by atoms with Crippen LogP contribution in [0.2, 0.25) is 0 Å². The van der Waals surface area contributed by atoms with E-state index in [4.69, 9.17) is 0 Å². The molecule has 1 saturated carbocycles. The molecule has 1 aliphatic carbocycles. The first-order valence-electron chi connectivity index (χ1n) is 8.90.